The molecule has 0 saturated carbocycles. The SMILES string of the molecule is CCCCn1nnnc1CN(CC)CCO. The topological polar surface area (TPSA) is 67.1 Å². The van der Waals surface area contributed by atoms with Crippen LogP contribution in [0.4, 0.5) is 0 Å². The average Bonchev–Trinajstić information content (AvgIpc) is 2.73. The van der Waals surface area contributed by atoms with E-state index in [0.29, 0.717) is 13.1 Å². The molecule has 6 heteroatoms. The van der Waals surface area contributed by atoms with E-state index in [9.17, 15) is 0 Å². The molecule has 1 aromatic heterocycles. The number of tetrazole rings is 1. The van der Waals surface area contributed by atoms with E-state index in [-0.39, 0.29) is 6.61 Å². The van der Waals surface area contributed by atoms with Crippen LogP contribution in [0.2, 0.25) is 0 Å². The summed E-state index contributed by atoms with van der Waals surface area (Å²) in [6.07, 6.45) is 2.22. The maximum Gasteiger partial charge on any atom is 0.165 e. The molecule has 0 radical (unpaired) electrons. The van der Waals surface area contributed by atoms with E-state index in [2.05, 4.69) is 34.3 Å². The van der Waals surface area contributed by atoms with Crippen molar-refractivity contribution >= 4 is 0 Å². The minimum atomic E-state index is 0.171. The lowest BCUT2D eigenvalue weighted by molar-refractivity contribution is 0.191. The smallest absolute Gasteiger partial charge is 0.165 e. The molecule has 1 heterocycles. The van der Waals surface area contributed by atoms with Gasteiger partial charge in [0, 0.05) is 13.1 Å². The number of hydrogen-bond donors (Lipinski definition) is 1. The number of hydrogen-bond acceptors (Lipinski definition) is 5. The van der Waals surface area contributed by atoms with Gasteiger partial charge in [0.05, 0.1) is 13.2 Å². The Morgan fingerprint density at radius 2 is 2.19 bits per heavy atom. The quantitative estimate of drug-likeness (QED) is 0.691. The molecule has 0 atom stereocenters. The van der Waals surface area contributed by atoms with Gasteiger partial charge in [-0.25, -0.2) is 4.68 Å². The third-order valence-corrected chi connectivity index (χ3v) is 2.56. The summed E-state index contributed by atoms with van der Waals surface area (Å²) in [6, 6.07) is 0. The van der Waals surface area contributed by atoms with Crippen molar-refractivity contribution in [1.82, 2.24) is 25.1 Å². The monoisotopic (exact) mass is 227 g/mol. The predicted molar refractivity (Wildman–Crippen MR) is 60.8 cm³/mol. The van der Waals surface area contributed by atoms with Crippen molar-refractivity contribution in [2.45, 2.75) is 39.8 Å². The van der Waals surface area contributed by atoms with Gasteiger partial charge in [0.15, 0.2) is 5.82 Å². The van der Waals surface area contributed by atoms with E-state index in [4.69, 9.17) is 5.11 Å². The lowest BCUT2D eigenvalue weighted by Gasteiger charge is -2.18. The maximum atomic E-state index is 8.91. The zero-order chi connectivity index (χ0) is 11.8. The second-order valence-corrected chi connectivity index (χ2v) is 3.76. The molecule has 0 aliphatic heterocycles. The predicted octanol–water partition coefficient (Wildman–Crippen LogP) is 0.287. The zero-order valence-corrected chi connectivity index (χ0v) is 10.1. The second kappa shape index (κ2) is 7.29. The highest BCUT2D eigenvalue weighted by Crippen LogP contribution is 2.01. The molecule has 0 fully saturated rings. The molecule has 1 aromatic rings. The molecular formula is C10H21N5O. The van der Waals surface area contributed by atoms with Crippen LogP contribution >= 0.6 is 0 Å². The standard InChI is InChI=1S/C10H21N5O/c1-3-5-6-15-10(11-12-13-15)9-14(4-2)7-8-16/h16H,3-9H2,1-2H3. The van der Waals surface area contributed by atoms with Crippen molar-refractivity contribution in [1.29, 1.82) is 0 Å². The summed E-state index contributed by atoms with van der Waals surface area (Å²) in [7, 11) is 0. The Morgan fingerprint density at radius 3 is 2.81 bits per heavy atom. The number of likely N-dealkylation sites (N-methyl/N-ethyl adjacent to an activating group) is 1. The number of aromatic nitrogens is 4. The summed E-state index contributed by atoms with van der Waals surface area (Å²) in [5, 5.41) is 20.6. The van der Waals surface area contributed by atoms with Gasteiger partial charge in [-0.2, -0.15) is 0 Å². The molecule has 0 spiro atoms. The third kappa shape index (κ3) is 3.86. The third-order valence-electron chi connectivity index (χ3n) is 2.56. The van der Waals surface area contributed by atoms with Gasteiger partial charge < -0.3 is 5.11 Å². The Morgan fingerprint density at radius 1 is 1.38 bits per heavy atom. The largest absolute Gasteiger partial charge is 0.395 e. The van der Waals surface area contributed by atoms with Crippen LogP contribution in [0.25, 0.3) is 0 Å². The van der Waals surface area contributed by atoms with Crippen molar-refractivity contribution in [3.8, 4) is 0 Å². The molecule has 0 bridgehead atoms. The Bertz CT molecular complexity index is 288. The van der Waals surface area contributed by atoms with E-state index in [0.717, 1.165) is 31.8 Å². The van der Waals surface area contributed by atoms with Crippen LogP contribution in [-0.4, -0.2) is 49.9 Å². The molecule has 0 aliphatic carbocycles. The van der Waals surface area contributed by atoms with Gasteiger partial charge in [0.2, 0.25) is 0 Å². The van der Waals surface area contributed by atoms with E-state index >= 15 is 0 Å². The summed E-state index contributed by atoms with van der Waals surface area (Å²) in [5.74, 6) is 0.878. The van der Waals surface area contributed by atoms with Crippen LogP contribution in [0.15, 0.2) is 0 Å². The highest BCUT2D eigenvalue weighted by atomic mass is 16.3. The van der Waals surface area contributed by atoms with Crippen LogP contribution in [0.5, 0.6) is 0 Å². The van der Waals surface area contributed by atoms with E-state index in [1.807, 2.05) is 4.68 Å². The van der Waals surface area contributed by atoms with E-state index in [1.54, 1.807) is 0 Å². The van der Waals surface area contributed by atoms with Crippen LogP contribution in [0.3, 0.4) is 0 Å². The lowest BCUT2D eigenvalue weighted by atomic mass is 10.3. The molecule has 1 N–H and O–H groups in total. The fourth-order valence-electron chi connectivity index (χ4n) is 1.51. The Labute approximate surface area is 96.3 Å². The fourth-order valence-corrected chi connectivity index (χ4v) is 1.51. The first kappa shape index (κ1) is 13.1. The van der Waals surface area contributed by atoms with Gasteiger partial charge in [-0.05, 0) is 23.4 Å². The molecule has 0 aliphatic rings. The van der Waals surface area contributed by atoms with Crippen molar-refractivity contribution in [2.24, 2.45) is 0 Å². The first-order chi connectivity index (χ1) is 7.81. The molecule has 16 heavy (non-hydrogen) atoms. The molecule has 92 valence electrons. The minimum absolute atomic E-state index is 0.171. The number of aliphatic hydroxyl groups excluding tert-OH is 1. The van der Waals surface area contributed by atoms with E-state index in [1.165, 1.54) is 0 Å². The number of nitrogens with zero attached hydrogens (tertiary/aromatic N) is 5. The van der Waals surface area contributed by atoms with Crippen LogP contribution in [0.1, 0.15) is 32.5 Å². The first-order valence-electron chi connectivity index (χ1n) is 5.90. The average molecular weight is 227 g/mol. The molecule has 0 unspecified atom stereocenters. The zero-order valence-electron chi connectivity index (χ0n) is 10.1. The van der Waals surface area contributed by atoms with Crippen molar-refractivity contribution < 1.29 is 5.11 Å². The van der Waals surface area contributed by atoms with Gasteiger partial charge in [-0.3, -0.25) is 4.90 Å². The minimum Gasteiger partial charge on any atom is -0.395 e. The normalized spacial score (nSPS) is 11.2. The summed E-state index contributed by atoms with van der Waals surface area (Å²) in [5.41, 5.74) is 0. The van der Waals surface area contributed by atoms with Gasteiger partial charge in [-0.15, -0.1) is 5.10 Å². The Hall–Kier alpha value is -1.01. The molecule has 1 rings (SSSR count). The van der Waals surface area contributed by atoms with Crippen molar-refractivity contribution in [2.75, 3.05) is 19.7 Å². The lowest BCUT2D eigenvalue weighted by Crippen LogP contribution is -2.28. The molecule has 0 amide bonds. The summed E-state index contributed by atoms with van der Waals surface area (Å²) in [6.45, 7) is 7.51. The van der Waals surface area contributed by atoms with Crippen LogP contribution in [0, 0.1) is 0 Å². The number of unbranched alkanes of at least 4 members (excludes halogenated alkanes) is 1. The Kier molecular flexibility index (Phi) is 5.95. The van der Waals surface area contributed by atoms with Crippen LogP contribution < -0.4 is 0 Å². The summed E-state index contributed by atoms with van der Waals surface area (Å²) in [4.78, 5) is 2.12. The molecular weight excluding hydrogens is 206 g/mol. The van der Waals surface area contributed by atoms with Gasteiger partial charge in [-0.1, -0.05) is 20.3 Å². The number of rotatable bonds is 8. The van der Waals surface area contributed by atoms with Crippen LogP contribution in [-0.2, 0) is 13.1 Å². The first-order valence-corrected chi connectivity index (χ1v) is 5.90. The van der Waals surface area contributed by atoms with Gasteiger partial charge in [0.1, 0.15) is 0 Å². The van der Waals surface area contributed by atoms with Crippen molar-refractivity contribution in [3.63, 3.8) is 0 Å². The molecule has 6 nitrogen and oxygen atoms in total. The molecule has 0 aromatic carbocycles. The summed E-state index contributed by atoms with van der Waals surface area (Å²) < 4.78 is 1.85. The highest BCUT2D eigenvalue weighted by molar-refractivity contribution is 4.80. The second-order valence-electron chi connectivity index (χ2n) is 3.76. The number of aliphatic hydroxyl groups is 1. The maximum absolute atomic E-state index is 8.91. The number of aryl methyl sites for hydroxylation is 1. The Balaban J connectivity index is 2.54. The van der Waals surface area contributed by atoms with Crippen molar-refractivity contribution in [3.05, 3.63) is 5.82 Å². The molecule has 0 saturated heterocycles. The van der Waals surface area contributed by atoms with E-state index < -0.39 is 0 Å². The van der Waals surface area contributed by atoms with Gasteiger partial charge >= 0.3 is 0 Å². The van der Waals surface area contributed by atoms with Gasteiger partial charge in [0.25, 0.3) is 0 Å². The highest BCUT2D eigenvalue weighted by Gasteiger charge is 2.09. The fraction of sp³-hybridized carbons (Fsp3) is 0.900. The summed E-state index contributed by atoms with van der Waals surface area (Å²) >= 11 is 0.